The van der Waals surface area contributed by atoms with Crippen molar-refractivity contribution in [2.45, 2.75) is 13.0 Å². The van der Waals surface area contributed by atoms with Crippen molar-refractivity contribution in [3.8, 4) is 0 Å². The average molecular weight is 279 g/mol. The van der Waals surface area contributed by atoms with E-state index in [0.717, 1.165) is 0 Å². The van der Waals surface area contributed by atoms with Gasteiger partial charge in [-0.05, 0) is 22.9 Å². The lowest BCUT2D eigenvalue weighted by Gasteiger charge is -2.10. The Morgan fingerprint density at radius 1 is 1.79 bits per heavy atom. The number of halogens is 2. The Morgan fingerprint density at radius 3 is 3.07 bits per heavy atom. The average Bonchev–Trinajstić information content (AvgIpc) is 2.18. The molecule has 0 bridgehead atoms. The van der Waals surface area contributed by atoms with Gasteiger partial charge in [0.2, 0.25) is 0 Å². The highest BCUT2D eigenvalue weighted by Crippen LogP contribution is 2.11. The van der Waals surface area contributed by atoms with Crippen LogP contribution in [0.2, 0.25) is 0 Å². The van der Waals surface area contributed by atoms with Crippen LogP contribution in [0.25, 0.3) is 0 Å². The number of hydrogen-bond acceptors (Lipinski definition) is 3. The molecule has 1 aromatic heterocycles. The summed E-state index contributed by atoms with van der Waals surface area (Å²) in [5.74, 6) is 0.112. The number of nitrogens with zero attached hydrogens (tertiary/aromatic N) is 2. The molecule has 1 N–H and O–H groups in total. The number of rotatable bonds is 3. The maximum atomic E-state index is 11.5. The van der Waals surface area contributed by atoms with Gasteiger partial charge in [0, 0.05) is 18.1 Å². The number of hydrogen-bond donors (Lipinski definition) is 1. The van der Waals surface area contributed by atoms with Crippen LogP contribution in [0, 0.1) is 0 Å². The Bertz CT molecular complexity index is 334. The SMILES string of the molecule is CC(CCl)NC(=O)c1ncncc1Br. The Hall–Kier alpha value is -0.680. The highest BCUT2D eigenvalue weighted by atomic mass is 79.9. The molecule has 0 aliphatic carbocycles. The normalized spacial score (nSPS) is 12.2. The second-order valence-corrected chi connectivity index (χ2v) is 3.91. The van der Waals surface area contributed by atoms with Crippen LogP contribution < -0.4 is 5.32 Å². The van der Waals surface area contributed by atoms with Crippen LogP contribution in [0.1, 0.15) is 17.4 Å². The standard InChI is InChI=1S/C8H9BrClN3O/c1-5(2-10)13-8(14)7-6(9)3-11-4-12-7/h3-5H,2H2,1H3,(H,13,14). The van der Waals surface area contributed by atoms with E-state index in [1.807, 2.05) is 6.92 Å². The van der Waals surface area contributed by atoms with Gasteiger partial charge in [-0.25, -0.2) is 9.97 Å². The second-order valence-electron chi connectivity index (χ2n) is 2.75. The van der Waals surface area contributed by atoms with E-state index in [2.05, 4.69) is 31.2 Å². The number of carbonyl (C=O) groups excluding carboxylic acids is 1. The van der Waals surface area contributed by atoms with Crippen LogP contribution in [0.5, 0.6) is 0 Å². The van der Waals surface area contributed by atoms with Gasteiger partial charge in [-0.1, -0.05) is 0 Å². The molecule has 6 heteroatoms. The van der Waals surface area contributed by atoms with Gasteiger partial charge in [-0.15, -0.1) is 11.6 Å². The monoisotopic (exact) mass is 277 g/mol. The van der Waals surface area contributed by atoms with Gasteiger partial charge in [0.05, 0.1) is 4.47 Å². The lowest BCUT2D eigenvalue weighted by molar-refractivity contribution is 0.0937. The fourth-order valence-electron chi connectivity index (χ4n) is 0.810. The molecule has 4 nitrogen and oxygen atoms in total. The molecule has 0 saturated carbocycles. The number of amides is 1. The first-order chi connectivity index (χ1) is 6.65. The van der Waals surface area contributed by atoms with Gasteiger partial charge >= 0.3 is 0 Å². The van der Waals surface area contributed by atoms with E-state index >= 15 is 0 Å². The largest absolute Gasteiger partial charge is 0.347 e. The zero-order valence-corrected chi connectivity index (χ0v) is 9.84. The van der Waals surface area contributed by atoms with E-state index in [4.69, 9.17) is 11.6 Å². The smallest absolute Gasteiger partial charge is 0.271 e. The first-order valence-electron chi connectivity index (χ1n) is 3.97. The van der Waals surface area contributed by atoms with Crippen molar-refractivity contribution < 1.29 is 4.79 Å². The van der Waals surface area contributed by atoms with Crippen molar-refractivity contribution in [3.63, 3.8) is 0 Å². The summed E-state index contributed by atoms with van der Waals surface area (Å²) in [5.41, 5.74) is 0.317. The molecule has 0 aliphatic rings. The summed E-state index contributed by atoms with van der Waals surface area (Å²) in [6.45, 7) is 1.82. The maximum Gasteiger partial charge on any atom is 0.271 e. The van der Waals surface area contributed by atoms with Gasteiger partial charge < -0.3 is 5.32 Å². The van der Waals surface area contributed by atoms with Crippen molar-refractivity contribution in [1.29, 1.82) is 0 Å². The van der Waals surface area contributed by atoms with Crippen LogP contribution in [0.3, 0.4) is 0 Å². The molecule has 0 radical (unpaired) electrons. The molecule has 1 rings (SSSR count). The molecule has 76 valence electrons. The van der Waals surface area contributed by atoms with E-state index in [0.29, 0.717) is 16.0 Å². The number of aromatic nitrogens is 2. The lowest BCUT2D eigenvalue weighted by atomic mass is 10.3. The van der Waals surface area contributed by atoms with Crippen LogP contribution in [-0.2, 0) is 0 Å². The lowest BCUT2D eigenvalue weighted by Crippen LogP contribution is -2.34. The molecule has 1 atom stereocenters. The third-order valence-corrected chi connectivity index (χ3v) is 2.53. The quantitative estimate of drug-likeness (QED) is 0.855. The minimum absolute atomic E-state index is 0.0777. The van der Waals surface area contributed by atoms with Crippen LogP contribution in [-0.4, -0.2) is 27.8 Å². The molecule has 0 aliphatic heterocycles. The molecule has 1 heterocycles. The van der Waals surface area contributed by atoms with Crippen molar-refractivity contribution in [2.24, 2.45) is 0 Å². The fraction of sp³-hybridized carbons (Fsp3) is 0.375. The Morgan fingerprint density at radius 2 is 2.50 bits per heavy atom. The maximum absolute atomic E-state index is 11.5. The third kappa shape index (κ3) is 2.92. The Kier molecular flexibility index (Phi) is 4.28. The number of carbonyl (C=O) groups is 1. The van der Waals surface area contributed by atoms with Gasteiger partial charge in [0.1, 0.15) is 12.0 Å². The molecule has 0 saturated heterocycles. The van der Waals surface area contributed by atoms with Crippen molar-refractivity contribution in [3.05, 3.63) is 22.7 Å². The molecule has 1 amide bonds. The second kappa shape index (κ2) is 5.26. The Balaban J connectivity index is 2.75. The van der Waals surface area contributed by atoms with Crippen LogP contribution in [0.4, 0.5) is 0 Å². The predicted octanol–water partition coefficient (Wildman–Crippen LogP) is 1.60. The summed E-state index contributed by atoms with van der Waals surface area (Å²) in [7, 11) is 0. The molecule has 1 aromatic rings. The van der Waals surface area contributed by atoms with Gasteiger partial charge in [-0.3, -0.25) is 4.79 Å². The molecule has 1 unspecified atom stereocenters. The molecular weight excluding hydrogens is 269 g/mol. The van der Waals surface area contributed by atoms with Gasteiger partial charge in [0.25, 0.3) is 5.91 Å². The van der Waals surface area contributed by atoms with E-state index in [1.165, 1.54) is 12.5 Å². The van der Waals surface area contributed by atoms with Crippen molar-refractivity contribution in [2.75, 3.05) is 5.88 Å². The molecule has 0 aromatic carbocycles. The Labute approximate surface area is 95.2 Å². The molecule has 14 heavy (non-hydrogen) atoms. The highest BCUT2D eigenvalue weighted by Gasteiger charge is 2.13. The first-order valence-corrected chi connectivity index (χ1v) is 5.30. The zero-order chi connectivity index (χ0) is 10.6. The highest BCUT2D eigenvalue weighted by molar-refractivity contribution is 9.10. The summed E-state index contributed by atoms with van der Waals surface area (Å²) in [5, 5.41) is 2.70. The summed E-state index contributed by atoms with van der Waals surface area (Å²) in [4.78, 5) is 19.2. The van der Waals surface area contributed by atoms with E-state index in [-0.39, 0.29) is 11.9 Å². The minimum Gasteiger partial charge on any atom is -0.347 e. The van der Waals surface area contributed by atoms with Crippen LogP contribution in [0.15, 0.2) is 17.0 Å². The molecule has 0 fully saturated rings. The topological polar surface area (TPSA) is 54.9 Å². The molecule has 0 spiro atoms. The van der Waals surface area contributed by atoms with Crippen molar-refractivity contribution >= 4 is 33.4 Å². The van der Waals surface area contributed by atoms with E-state index in [1.54, 1.807) is 0 Å². The number of alkyl halides is 1. The third-order valence-electron chi connectivity index (χ3n) is 1.49. The summed E-state index contributed by atoms with van der Waals surface area (Å²) in [6, 6.07) is -0.0777. The summed E-state index contributed by atoms with van der Waals surface area (Å²) >= 11 is 8.75. The predicted molar refractivity (Wildman–Crippen MR) is 57.4 cm³/mol. The fourth-order valence-corrected chi connectivity index (χ4v) is 1.29. The first kappa shape index (κ1) is 11.4. The molecular formula is C8H9BrClN3O. The van der Waals surface area contributed by atoms with Crippen LogP contribution >= 0.6 is 27.5 Å². The van der Waals surface area contributed by atoms with E-state index in [9.17, 15) is 4.79 Å². The number of nitrogens with one attached hydrogen (secondary N) is 1. The van der Waals surface area contributed by atoms with Crippen molar-refractivity contribution in [1.82, 2.24) is 15.3 Å². The summed E-state index contributed by atoms with van der Waals surface area (Å²) < 4.78 is 0.569. The van der Waals surface area contributed by atoms with Gasteiger partial charge in [-0.2, -0.15) is 0 Å². The zero-order valence-electron chi connectivity index (χ0n) is 7.50. The minimum atomic E-state index is -0.257. The summed E-state index contributed by atoms with van der Waals surface area (Å²) in [6.07, 6.45) is 2.85. The van der Waals surface area contributed by atoms with Gasteiger partial charge in [0.15, 0.2) is 0 Å². The van der Waals surface area contributed by atoms with E-state index < -0.39 is 0 Å².